The van der Waals surface area contributed by atoms with Crippen molar-refractivity contribution in [2.75, 3.05) is 6.61 Å². The first-order valence-electron chi connectivity index (χ1n) is 4.93. The van der Waals surface area contributed by atoms with E-state index in [0.717, 1.165) is 5.92 Å². The molecule has 0 spiro atoms. The average molecular weight is 173 g/mol. The van der Waals surface area contributed by atoms with Crippen LogP contribution in [-0.2, 0) is 0 Å². The third kappa shape index (κ3) is 6.62. The summed E-state index contributed by atoms with van der Waals surface area (Å²) in [6, 6.07) is 0.752. The van der Waals surface area contributed by atoms with Gasteiger partial charge in [0.1, 0.15) is 0 Å². The van der Waals surface area contributed by atoms with Gasteiger partial charge in [0, 0.05) is 12.1 Å². The van der Waals surface area contributed by atoms with E-state index in [9.17, 15) is 0 Å². The molecule has 0 amide bonds. The quantitative estimate of drug-likeness (QED) is 0.641. The first-order chi connectivity index (χ1) is 5.56. The van der Waals surface area contributed by atoms with Gasteiger partial charge in [-0.2, -0.15) is 0 Å². The van der Waals surface area contributed by atoms with E-state index in [0.29, 0.717) is 6.04 Å². The lowest BCUT2D eigenvalue weighted by molar-refractivity contribution is 0.239. The number of nitrogens with one attached hydrogen (secondary N) is 1. The van der Waals surface area contributed by atoms with Gasteiger partial charge in [0.05, 0.1) is 6.61 Å². The van der Waals surface area contributed by atoms with Gasteiger partial charge in [0.15, 0.2) is 0 Å². The van der Waals surface area contributed by atoms with Crippen LogP contribution < -0.4 is 5.32 Å². The molecule has 0 aliphatic heterocycles. The minimum Gasteiger partial charge on any atom is -0.395 e. The van der Waals surface area contributed by atoms with Crippen molar-refractivity contribution in [1.82, 2.24) is 5.32 Å². The Labute approximate surface area is 76.4 Å². The number of aliphatic hydroxyl groups excluding tert-OH is 1. The summed E-state index contributed by atoms with van der Waals surface area (Å²) in [6.45, 7) is 8.89. The second-order valence-corrected chi connectivity index (χ2v) is 4.12. The second kappa shape index (κ2) is 6.44. The van der Waals surface area contributed by atoms with E-state index in [1.165, 1.54) is 12.8 Å². The Kier molecular flexibility index (Phi) is 6.39. The van der Waals surface area contributed by atoms with Gasteiger partial charge in [-0.05, 0) is 32.6 Å². The highest BCUT2D eigenvalue weighted by Gasteiger charge is 2.06. The van der Waals surface area contributed by atoms with E-state index in [2.05, 4.69) is 26.1 Å². The number of hydrogen-bond donors (Lipinski definition) is 2. The van der Waals surface area contributed by atoms with Crippen molar-refractivity contribution < 1.29 is 5.11 Å². The van der Waals surface area contributed by atoms with Crippen LogP contribution in [-0.4, -0.2) is 23.8 Å². The van der Waals surface area contributed by atoms with Crippen LogP contribution >= 0.6 is 0 Å². The highest BCUT2D eigenvalue weighted by molar-refractivity contribution is 4.66. The van der Waals surface area contributed by atoms with Crippen LogP contribution in [0.5, 0.6) is 0 Å². The fraction of sp³-hybridized carbons (Fsp3) is 1.00. The minimum atomic E-state index is 0.228. The van der Waals surface area contributed by atoms with E-state index in [-0.39, 0.29) is 12.6 Å². The van der Waals surface area contributed by atoms with Gasteiger partial charge < -0.3 is 10.4 Å². The lowest BCUT2D eigenvalue weighted by Gasteiger charge is -2.18. The molecule has 0 heterocycles. The van der Waals surface area contributed by atoms with Crippen LogP contribution in [0.1, 0.15) is 40.5 Å². The SMILES string of the molecule is CC(C)CCC(C)N[C@@H](C)CO. The van der Waals surface area contributed by atoms with Crippen LogP contribution in [0, 0.1) is 5.92 Å². The molecule has 0 saturated carbocycles. The zero-order chi connectivity index (χ0) is 9.56. The Balaban J connectivity index is 3.39. The van der Waals surface area contributed by atoms with Crippen molar-refractivity contribution >= 4 is 0 Å². The normalized spacial score (nSPS) is 16.5. The van der Waals surface area contributed by atoms with Crippen molar-refractivity contribution in [1.29, 1.82) is 0 Å². The lowest BCUT2D eigenvalue weighted by atomic mass is 10.0. The zero-order valence-electron chi connectivity index (χ0n) is 8.80. The smallest absolute Gasteiger partial charge is 0.0582 e. The van der Waals surface area contributed by atoms with Crippen molar-refractivity contribution in [3.63, 3.8) is 0 Å². The maximum absolute atomic E-state index is 8.80. The molecule has 0 fully saturated rings. The molecule has 74 valence electrons. The van der Waals surface area contributed by atoms with Crippen LogP contribution in [0.2, 0.25) is 0 Å². The lowest BCUT2D eigenvalue weighted by Crippen LogP contribution is -2.36. The van der Waals surface area contributed by atoms with Gasteiger partial charge in [-0.3, -0.25) is 0 Å². The predicted octanol–water partition coefficient (Wildman–Crippen LogP) is 1.78. The van der Waals surface area contributed by atoms with Crippen LogP contribution in [0.25, 0.3) is 0 Å². The highest BCUT2D eigenvalue weighted by atomic mass is 16.3. The first-order valence-corrected chi connectivity index (χ1v) is 4.93. The van der Waals surface area contributed by atoms with E-state index < -0.39 is 0 Å². The first kappa shape index (κ1) is 11.9. The Hall–Kier alpha value is -0.0800. The third-order valence-corrected chi connectivity index (χ3v) is 2.02. The molecule has 1 unspecified atom stereocenters. The number of hydrogen-bond acceptors (Lipinski definition) is 2. The molecule has 2 atom stereocenters. The Bertz CT molecular complexity index is 104. The van der Waals surface area contributed by atoms with Gasteiger partial charge in [-0.1, -0.05) is 13.8 Å². The van der Waals surface area contributed by atoms with Crippen LogP contribution in [0.3, 0.4) is 0 Å². The molecule has 2 heteroatoms. The largest absolute Gasteiger partial charge is 0.395 e. The van der Waals surface area contributed by atoms with Gasteiger partial charge in [-0.15, -0.1) is 0 Å². The Morgan fingerprint density at radius 1 is 1.00 bits per heavy atom. The van der Waals surface area contributed by atoms with Gasteiger partial charge in [0.25, 0.3) is 0 Å². The maximum atomic E-state index is 8.80. The van der Waals surface area contributed by atoms with E-state index in [4.69, 9.17) is 5.11 Å². The van der Waals surface area contributed by atoms with E-state index in [1.807, 2.05) is 6.92 Å². The predicted molar refractivity (Wildman–Crippen MR) is 53.2 cm³/mol. The standard InChI is InChI=1S/C10H23NO/c1-8(2)5-6-9(3)11-10(4)7-12/h8-12H,5-7H2,1-4H3/t9?,10-/m0/s1. The van der Waals surface area contributed by atoms with Gasteiger partial charge >= 0.3 is 0 Å². The Morgan fingerprint density at radius 3 is 2.00 bits per heavy atom. The summed E-state index contributed by atoms with van der Waals surface area (Å²) < 4.78 is 0. The molecule has 0 aromatic rings. The van der Waals surface area contributed by atoms with Crippen molar-refractivity contribution in [2.45, 2.75) is 52.6 Å². The van der Waals surface area contributed by atoms with Crippen molar-refractivity contribution in [3.05, 3.63) is 0 Å². The van der Waals surface area contributed by atoms with Gasteiger partial charge in [-0.25, -0.2) is 0 Å². The summed E-state index contributed by atoms with van der Waals surface area (Å²) in [5.74, 6) is 0.777. The molecule has 0 aliphatic carbocycles. The van der Waals surface area contributed by atoms with Crippen molar-refractivity contribution in [2.24, 2.45) is 5.92 Å². The minimum absolute atomic E-state index is 0.228. The van der Waals surface area contributed by atoms with Crippen molar-refractivity contribution in [3.8, 4) is 0 Å². The van der Waals surface area contributed by atoms with Crippen LogP contribution in [0.15, 0.2) is 0 Å². The second-order valence-electron chi connectivity index (χ2n) is 4.12. The van der Waals surface area contributed by atoms with E-state index in [1.54, 1.807) is 0 Å². The molecule has 0 aliphatic rings. The molecular formula is C10H23NO. The third-order valence-electron chi connectivity index (χ3n) is 2.02. The molecule has 2 N–H and O–H groups in total. The zero-order valence-corrected chi connectivity index (χ0v) is 8.80. The number of rotatable bonds is 6. The van der Waals surface area contributed by atoms with E-state index >= 15 is 0 Å². The summed E-state index contributed by atoms with van der Waals surface area (Å²) in [5.41, 5.74) is 0. The molecule has 0 aromatic heterocycles. The molecule has 0 aromatic carbocycles. The Morgan fingerprint density at radius 2 is 1.58 bits per heavy atom. The molecule has 0 rings (SSSR count). The fourth-order valence-electron chi connectivity index (χ4n) is 1.21. The highest BCUT2D eigenvalue weighted by Crippen LogP contribution is 2.06. The average Bonchev–Trinajstić information content (AvgIpc) is 2.00. The molecule has 0 saturated heterocycles. The molecular weight excluding hydrogens is 150 g/mol. The summed E-state index contributed by atoms with van der Waals surface area (Å²) in [6.07, 6.45) is 2.45. The van der Waals surface area contributed by atoms with Crippen LogP contribution in [0.4, 0.5) is 0 Å². The number of aliphatic hydroxyl groups is 1. The fourth-order valence-corrected chi connectivity index (χ4v) is 1.21. The monoisotopic (exact) mass is 173 g/mol. The maximum Gasteiger partial charge on any atom is 0.0582 e. The molecule has 12 heavy (non-hydrogen) atoms. The summed E-state index contributed by atoms with van der Waals surface area (Å²) >= 11 is 0. The molecule has 0 bridgehead atoms. The topological polar surface area (TPSA) is 32.3 Å². The summed E-state index contributed by atoms with van der Waals surface area (Å²) in [5, 5.41) is 12.1. The summed E-state index contributed by atoms with van der Waals surface area (Å²) in [7, 11) is 0. The van der Waals surface area contributed by atoms with Gasteiger partial charge in [0.2, 0.25) is 0 Å². The summed E-state index contributed by atoms with van der Waals surface area (Å²) in [4.78, 5) is 0. The molecule has 0 radical (unpaired) electrons. The molecule has 2 nitrogen and oxygen atoms in total.